The van der Waals surface area contributed by atoms with Crippen molar-refractivity contribution in [3.8, 4) is 11.5 Å². The van der Waals surface area contributed by atoms with E-state index in [4.69, 9.17) is 9.47 Å². The molecule has 0 aliphatic carbocycles. The molecule has 0 spiro atoms. The molecule has 0 aromatic heterocycles. The zero-order chi connectivity index (χ0) is 13.1. The van der Waals surface area contributed by atoms with Crippen LogP contribution >= 0.6 is 0 Å². The Morgan fingerprint density at radius 3 is 2.74 bits per heavy atom. The fourth-order valence-electron chi connectivity index (χ4n) is 2.76. The highest BCUT2D eigenvalue weighted by atomic mass is 19.1. The average Bonchev–Trinajstić information content (AvgIpc) is 2.78. The third kappa shape index (κ3) is 2.68. The number of fused-ring (bicyclic) bond motifs is 1. The Balaban J connectivity index is 1.89. The molecule has 2 aliphatic heterocycles. The van der Waals surface area contributed by atoms with Gasteiger partial charge in [0.05, 0.1) is 13.2 Å². The van der Waals surface area contributed by atoms with Crippen LogP contribution in [0.5, 0.6) is 11.5 Å². The van der Waals surface area contributed by atoms with Crippen LogP contribution in [-0.4, -0.2) is 26.3 Å². The number of alkyl halides is 1. The number of benzene rings is 1. The van der Waals surface area contributed by atoms with Crippen molar-refractivity contribution in [1.29, 1.82) is 0 Å². The van der Waals surface area contributed by atoms with Gasteiger partial charge in [-0.25, -0.2) is 4.39 Å². The quantitative estimate of drug-likeness (QED) is 0.847. The normalized spacial score (nSPS) is 27.4. The minimum atomic E-state index is -1.24. The van der Waals surface area contributed by atoms with Gasteiger partial charge >= 0.3 is 0 Å². The molecular formula is C15H20FNO2. The number of hydrogen-bond donors (Lipinski definition) is 1. The zero-order valence-electron chi connectivity index (χ0n) is 11.1. The molecule has 1 fully saturated rings. The largest absolute Gasteiger partial charge is 0.490 e. The van der Waals surface area contributed by atoms with E-state index in [9.17, 15) is 0 Å². The highest BCUT2D eigenvalue weighted by Gasteiger charge is 2.33. The van der Waals surface area contributed by atoms with E-state index < -0.39 is 5.67 Å². The van der Waals surface area contributed by atoms with Gasteiger partial charge in [-0.2, -0.15) is 0 Å². The van der Waals surface area contributed by atoms with Crippen molar-refractivity contribution >= 4 is 0 Å². The summed E-state index contributed by atoms with van der Waals surface area (Å²) in [7, 11) is 0. The van der Waals surface area contributed by atoms with Gasteiger partial charge in [-0.3, -0.25) is 0 Å². The van der Waals surface area contributed by atoms with E-state index in [1.807, 2.05) is 18.2 Å². The second-order valence-electron chi connectivity index (χ2n) is 5.28. The lowest BCUT2D eigenvalue weighted by atomic mass is 9.88. The summed E-state index contributed by atoms with van der Waals surface area (Å²) < 4.78 is 26.3. The predicted octanol–water partition coefficient (Wildman–Crippen LogP) is 2.79. The second-order valence-corrected chi connectivity index (χ2v) is 5.28. The van der Waals surface area contributed by atoms with Crippen LogP contribution in [0, 0.1) is 0 Å². The van der Waals surface area contributed by atoms with Crippen molar-refractivity contribution < 1.29 is 13.9 Å². The van der Waals surface area contributed by atoms with Crippen molar-refractivity contribution in [3.05, 3.63) is 23.8 Å². The molecule has 2 heterocycles. The van der Waals surface area contributed by atoms with Crippen LogP contribution in [0.15, 0.2) is 18.2 Å². The van der Waals surface area contributed by atoms with Gasteiger partial charge in [-0.15, -0.1) is 0 Å². The van der Waals surface area contributed by atoms with Gasteiger partial charge < -0.3 is 14.8 Å². The minimum absolute atomic E-state index is 0.520. The lowest BCUT2D eigenvalue weighted by molar-refractivity contribution is 0.144. The number of hydrogen-bond acceptors (Lipinski definition) is 3. The van der Waals surface area contributed by atoms with Gasteiger partial charge in [0.15, 0.2) is 11.5 Å². The Morgan fingerprint density at radius 2 is 1.84 bits per heavy atom. The van der Waals surface area contributed by atoms with Crippen LogP contribution in [0.3, 0.4) is 0 Å². The maximum absolute atomic E-state index is 15.1. The third-order valence-corrected chi connectivity index (χ3v) is 3.89. The first-order valence-corrected chi connectivity index (χ1v) is 7.08. The van der Waals surface area contributed by atoms with Crippen LogP contribution in [0.4, 0.5) is 4.39 Å². The lowest BCUT2D eigenvalue weighted by Crippen LogP contribution is -2.22. The Kier molecular flexibility index (Phi) is 3.60. The van der Waals surface area contributed by atoms with Gasteiger partial charge in [-0.05, 0) is 50.0 Å². The highest BCUT2D eigenvalue weighted by molar-refractivity contribution is 5.45. The zero-order valence-corrected chi connectivity index (χ0v) is 11.1. The maximum Gasteiger partial charge on any atom is 0.161 e. The Labute approximate surface area is 113 Å². The number of ether oxygens (including phenoxy) is 2. The summed E-state index contributed by atoms with van der Waals surface area (Å²) in [5.41, 5.74) is -0.519. The second kappa shape index (κ2) is 5.37. The van der Waals surface area contributed by atoms with Crippen LogP contribution in [0.2, 0.25) is 0 Å². The van der Waals surface area contributed by atoms with Crippen LogP contribution in [-0.2, 0) is 5.67 Å². The summed E-state index contributed by atoms with van der Waals surface area (Å²) in [5, 5.41) is 3.25. The van der Waals surface area contributed by atoms with E-state index >= 15 is 4.39 Å². The molecule has 0 radical (unpaired) electrons. The summed E-state index contributed by atoms with van der Waals surface area (Å²) in [5.74, 6) is 1.42. The van der Waals surface area contributed by atoms with Crippen molar-refractivity contribution in [2.45, 2.75) is 31.4 Å². The Bertz CT molecular complexity index is 442. The number of nitrogens with one attached hydrogen (secondary N) is 1. The fourth-order valence-corrected chi connectivity index (χ4v) is 2.76. The summed E-state index contributed by atoms with van der Waals surface area (Å²) in [6, 6.07) is 5.51. The van der Waals surface area contributed by atoms with E-state index in [0.29, 0.717) is 31.8 Å². The average molecular weight is 265 g/mol. The van der Waals surface area contributed by atoms with E-state index in [1.165, 1.54) is 0 Å². The molecule has 3 rings (SSSR count). The molecule has 1 unspecified atom stereocenters. The van der Waals surface area contributed by atoms with Crippen molar-refractivity contribution in [1.82, 2.24) is 5.32 Å². The third-order valence-electron chi connectivity index (χ3n) is 3.89. The first-order valence-electron chi connectivity index (χ1n) is 7.08. The molecule has 1 aromatic carbocycles. The van der Waals surface area contributed by atoms with Gasteiger partial charge in [-0.1, -0.05) is 6.07 Å². The molecule has 104 valence electrons. The smallest absolute Gasteiger partial charge is 0.161 e. The molecule has 2 aliphatic rings. The molecule has 1 saturated heterocycles. The van der Waals surface area contributed by atoms with Gasteiger partial charge in [0, 0.05) is 6.42 Å². The van der Waals surface area contributed by atoms with Crippen LogP contribution in [0.1, 0.15) is 31.2 Å². The highest BCUT2D eigenvalue weighted by Crippen LogP contribution is 2.40. The van der Waals surface area contributed by atoms with Crippen molar-refractivity contribution in [2.24, 2.45) is 0 Å². The molecule has 19 heavy (non-hydrogen) atoms. The van der Waals surface area contributed by atoms with Crippen LogP contribution in [0.25, 0.3) is 0 Å². The SMILES string of the molecule is FC1(c2ccc3c(c2)OCCCO3)CCCNCC1. The Hall–Kier alpha value is -1.29. The molecule has 1 aromatic rings. The molecule has 0 saturated carbocycles. The summed E-state index contributed by atoms with van der Waals surface area (Å²) in [6.07, 6.45) is 2.83. The Morgan fingerprint density at radius 1 is 1.00 bits per heavy atom. The fraction of sp³-hybridized carbons (Fsp3) is 0.600. The monoisotopic (exact) mass is 265 g/mol. The van der Waals surface area contributed by atoms with E-state index in [0.717, 1.165) is 37.2 Å². The maximum atomic E-state index is 15.1. The molecule has 0 bridgehead atoms. The minimum Gasteiger partial charge on any atom is -0.490 e. The molecular weight excluding hydrogens is 245 g/mol. The number of rotatable bonds is 1. The van der Waals surface area contributed by atoms with Crippen molar-refractivity contribution in [3.63, 3.8) is 0 Å². The standard InChI is InChI=1S/C15H20FNO2/c16-15(5-1-7-17-8-6-15)12-3-4-13-14(11-12)19-10-2-9-18-13/h3-4,11,17H,1-2,5-10H2. The lowest BCUT2D eigenvalue weighted by Gasteiger charge is -2.24. The molecule has 1 atom stereocenters. The molecule has 1 N–H and O–H groups in total. The van der Waals surface area contributed by atoms with Crippen molar-refractivity contribution in [2.75, 3.05) is 26.3 Å². The van der Waals surface area contributed by atoms with E-state index in [1.54, 1.807) is 0 Å². The molecule has 3 nitrogen and oxygen atoms in total. The summed E-state index contributed by atoms with van der Waals surface area (Å²) in [4.78, 5) is 0. The summed E-state index contributed by atoms with van der Waals surface area (Å²) >= 11 is 0. The summed E-state index contributed by atoms with van der Waals surface area (Å²) in [6.45, 7) is 2.93. The van der Waals surface area contributed by atoms with Crippen LogP contribution < -0.4 is 14.8 Å². The predicted molar refractivity (Wildman–Crippen MR) is 71.6 cm³/mol. The van der Waals surface area contributed by atoms with E-state index in [-0.39, 0.29) is 0 Å². The van der Waals surface area contributed by atoms with Gasteiger partial charge in [0.1, 0.15) is 5.67 Å². The van der Waals surface area contributed by atoms with Gasteiger partial charge in [0.25, 0.3) is 0 Å². The van der Waals surface area contributed by atoms with Gasteiger partial charge in [0.2, 0.25) is 0 Å². The molecule has 4 heteroatoms. The van der Waals surface area contributed by atoms with E-state index in [2.05, 4.69) is 5.32 Å². The molecule has 0 amide bonds. The topological polar surface area (TPSA) is 30.5 Å². The first-order chi connectivity index (χ1) is 9.28. The number of halogens is 1. The first kappa shape index (κ1) is 12.7.